The van der Waals surface area contributed by atoms with Crippen LogP contribution in [0.4, 0.5) is 11.9 Å². The van der Waals surface area contributed by atoms with Crippen LogP contribution in [0.5, 0.6) is 0 Å². The smallest absolute Gasteiger partial charge is 0.230 e. The molecule has 0 spiro atoms. The molecule has 3 rings (SSSR count). The summed E-state index contributed by atoms with van der Waals surface area (Å²) in [6.07, 6.45) is 2.43. The molecular formula is C13H17N5S. The summed E-state index contributed by atoms with van der Waals surface area (Å²) in [5, 5.41) is 5.10. The summed E-state index contributed by atoms with van der Waals surface area (Å²) in [6.45, 7) is 4.17. The fourth-order valence-corrected chi connectivity index (χ4v) is 2.97. The molecule has 0 aliphatic carbocycles. The summed E-state index contributed by atoms with van der Waals surface area (Å²) in [4.78, 5) is 17.0. The standard InChI is InChI=1S/C13H17N5S/c1-9-10(5-8-19-9)11-15-12(14-2)17-13(16-11)18-6-3-4-7-18/h5,8H,3-4,6-7H2,1-2H3,(H,14,15,16,17). The Morgan fingerprint density at radius 1 is 1.21 bits per heavy atom. The van der Waals surface area contributed by atoms with Gasteiger partial charge in [0, 0.05) is 30.6 Å². The van der Waals surface area contributed by atoms with Crippen molar-refractivity contribution < 1.29 is 0 Å². The third kappa shape index (κ3) is 2.40. The average Bonchev–Trinajstić information content (AvgIpc) is 3.09. The molecule has 100 valence electrons. The highest BCUT2D eigenvalue weighted by Crippen LogP contribution is 2.27. The van der Waals surface area contributed by atoms with Gasteiger partial charge in [-0.05, 0) is 31.2 Å². The van der Waals surface area contributed by atoms with Crippen molar-refractivity contribution in [3.8, 4) is 11.4 Å². The molecule has 2 aromatic heterocycles. The van der Waals surface area contributed by atoms with E-state index in [0.717, 1.165) is 30.4 Å². The van der Waals surface area contributed by atoms with Gasteiger partial charge >= 0.3 is 0 Å². The number of hydrogen-bond acceptors (Lipinski definition) is 6. The molecule has 1 N–H and O–H groups in total. The van der Waals surface area contributed by atoms with Crippen LogP contribution in [0.2, 0.25) is 0 Å². The summed E-state index contributed by atoms with van der Waals surface area (Å²) >= 11 is 1.72. The van der Waals surface area contributed by atoms with Gasteiger partial charge in [-0.25, -0.2) is 0 Å². The van der Waals surface area contributed by atoms with Gasteiger partial charge in [0.05, 0.1) is 0 Å². The second kappa shape index (κ2) is 5.13. The van der Waals surface area contributed by atoms with Crippen molar-refractivity contribution in [1.82, 2.24) is 15.0 Å². The molecule has 0 amide bonds. The predicted molar refractivity (Wildman–Crippen MR) is 78.9 cm³/mol. The summed E-state index contributed by atoms with van der Waals surface area (Å²) < 4.78 is 0. The molecule has 6 heteroatoms. The first-order chi connectivity index (χ1) is 9.28. The number of anilines is 2. The Morgan fingerprint density at radius 2 is 2.00 bits per heavy atom. The van der Waals surface area contributed by atoms with Crippen molar-refractivity contribution in [2.45, 2.75) is 19.8 Å². The van der Waals surface area contributed by atoms with Crippen molar-refractivity contribution in [3.63, 3.8) is 0 Å². The van der Waals surface area contributed by atoms with E-state index < -0.39 is 0 Å². The van der Waals surface area contributed by atoms with Crippen molar-refractivity contribution in [2.75, 3.05) is 30.4 Å². The predicted octanol–water partition coefficient (Wildman–Crippen LogP) is 2.55. The van der Waals surface area contributed by atoms with Crippen LogP contribution < -0.4 is 10.2 Å². The van der Waals surface area contributed by atoms with Crippen LogP contribution in [0.1, 0.15) is 17.7 Å². The molecule has 0 bridgehead atoms. The highest BCUT2D eigenvalue weighted by atomic mass is 32.1. The van der Waals surface area contributed by atoms with Crippen LogP contribution in [-0.2, 0) is 0 Å². The van der Waals surface area contributed by atoms with Gasteiger partial charge < -0.3 is 10.2 Å². The van der Waals surface area contributed by atoms with Crippen molar-refractivity contribution >= 4 is 23.2 Å². The molecule has 1 fully saturated rings. The molecule has 1 aliphatic rings. The molecule has 3 heterocycles. The summed E-state index contributed by atoms with van der Waals surface area (Å²) in [5.74, 6) is 2.19. The summed E-state index contributed by atoms with van der Waals surface area (Å²) in [7, 11) is 1.84. The number of thiophene rings is 1. The van der Waals surface area contributed by atoms with Crippen molar-refractivity contribution in [2.24, 2.45) is 0 Å². The fraction of sp³-hybridized carbons (Fsp3) is 0.462. The molecule has 0 aromatic carbocycles. The lowest BCUT2D eigenvalue weighted by Gasteiger charge is -2.16. The molecule has 0 atom stereocenters. The van der Waals surface area contributed by atoms with Gasteiger partial charge in [0.2, 0.25) is 11.9 Å². The topological polar surface area (TPSA) is 53.9 Å². The molecule has 0 unspecified atom stereocenters. The molecule has 19 heavy (non-hydrogen) atoms. The zero-order valence-corrected chi connectivity index (χ0v) is 12.0. The third-order valence-corrected chi connectivity index (χ3v) is 4.18. The highest BCUT2D eigenvalue weighted by molar-refractivity contribution is 7.10. The molecule has 1 aliphatic heterocycles. The van der Waals surface area contributed by atoms with E-state index in [1.165, 1.54) is 17.7 Å². The van der Waals surface area contributed by atoms with Crippen LogP contribution in [0.15, 0.2) is 11.4 Å². The molecule has 2 aromatic rings. The number of aryl methyl sites for hydroxylation is 1. The lowest BCUT2D eigenvalue weighted by atomic mass is 10.2. The van der Waals surface area contributed by atoms with E-state index in [1.807, 2.05) is 7.05 Å². The molecular weight excluding hydrogens is 258 g/mol. The van der Waals surface area contributed by atoms with Crippen LogP contribution in [0.3, 0.4) is 0 Å². The third-order valence-electron chi connectivity index (χ3n) is 3.34. The van der Waals surface area contributed by atoms with E-state index in [0.29, 0.717) is 5.95 Å². The maximum atomic E-state index is 4.64. The number of hydrogen-bond donors (Lipinski definition) is 1. The van der Waals surface area contributed by atoms with Gasteiger partial charge in [-0.15, -0.1) is 11.3 Å². The summed E-state index contributed by atoms with van der Waals surface area (Å²) in [6, 6.07) is 2.07. The van der Waals surface area contributed by atoms with Gasteiger partial charge in [-0.3, -0.25) is 0 Å². The molecule has 1 saturated heterocycles. The average molecular weight is 275 g/mol. The minimum absolute atomic E-state index is 0.637. The van der Waals surface area contributed by atoms with Crippen molar-refractivity contribution in [3.05, 3.63) is 16.3 Å². The lowest BCUT2D eigenvalue weighted by Crippen LogP contribution is -2.21. The monoisotopic (exact) mass is 275 g/mol. The normalized spacial score (nSPS) is 14.9. The maximum Gasteiger partial charge on any atom is 0.230 e. The van der Waals surface area contributed by atoms with Crippen LogP contribution >= 0.6 is 11.3 Å². The Kier molecular flexibility index (Phi) is 3.33. The Hall–Kier alpha value is -1.69. The molecule has 5 nitrogen and oxygen atoms in total. The molecule has 0 radical (unpaired) electrons. The van der Waals surface area contributed by atoms with E-state index in [-0.39, 0.29) is 0 Å². The van der Waals surface area contributed by atoms with Gasteiger partial charge in [-0.2, -0.15) is 15.0 Å². The van der Waals surface area contributed by atoms with E-state index in [2.05, 4.69) is 43.5 Å². The van der Waals surface area contributed by atoms with E-state index in [1.54, 1.807) is 11.3 Å². The first-order valence-electron chi connectivity index (χ1n) is 6.51. The van der Waals surface area contributed by atoms with E-state index in [9.17, 15) is 0 Å². The van der Waals surface area contributed by atoms with E-state index in [4.69, 9.17) is 0 Å². The number of rotatable bonds is 3. The van der Waals surface area contributed by atoms with Gasteiger partial charge in [0.25, 0.3) is 0 Å². The molecule has 0 saturated carbocycles. The number of nitrogens with one attached hydrogen (secondary N) is 1. The Labute approximate surface area is 116 Å². The minimum Gasteiger partial charge on any atom is -0.357 e. The zero-order valence-electron chi connectivity index (χ0n) is 11.2. The fourth-order valence-electron chi connectivity index (χ4n) is 2.27. The number of aromatic nitrogens is 3. The minimum atomic E-state index is 0.637. The zero-order chi connectivity index (χ0) is 13.2. The van der Waals surface area contributed by atoms with E-state index >= 15 is 0 Å². The van der Waals surface area contributed by atoms with Crippen LogP contribution in [0, 0.1) is 6.92 Å². The second-order valence-electron chi connectivity index (χ2n) is 4.62. The Balaban J connectivity index is 2.04. The second-order valence-corrected chi connectivity index (χ2v) is 5.74. The SMILES string of the molecule is CNc1nc(-c2ccsc2C)nc(N2CCCC2)n1. The first kappa shape index (κ1) is 12.3. The highest BCUT2D eigenvalue weighted by Gasteiger charge is 2.18. The van der Waals surface area contributed by atoms with Gasteiger partial charge in [-0.1, -0.05) is 0 Å². The quantitative estimate of drug-likeness (QED) is 0.933. The van der Waals surface area contributed by atoms with Gasteiger partial charge in [0.15, 0.2) is 5.82 Å². The number of nitrogens with zero attached hydrogens (tertiary/aromatic N) is 4. The summed E-state index contributed by atoms with van der Waals surface area (Å²) in [5.41, 5.74) is 1.10. The van der Waals surface area contributed by atoms with Crippen LogP contribution in [-0.4, -0.2) is 35.1 Å². The maximum absolute atomic E-state index is 4.64. The van der Waals surface area contributed by atoms with Crippen molar-refractivity contribution in [1.29, 1.82) is 0 Å². The lowest BCUT2D eigenvalue weighted by molar-refractivity contribution is 0.884. The Bertz CT molecular complexity index is 574. The van der Waals surface area contributed by atoms with Gasteiger partial charge in [0.1, 0.15) is 0 Å². The Morgan fingerprint density at radius 3 is 2.63 bits per heavy atom. The van der Waals surface area contributed by atoms with Crippen LogP contribution in [0.25, 0.3) is 11.4 Å². The first-order valence-corrected chi connectivity index (χ1v) is 7.39. The largest absolute Gasteiger partial charge is 0.357 e.